The van der Waals surface area contributed by atoms with Gasteiger partial charge in [-0.05, 0) is 37.3 Å². The van der Waals surface area contributed by atoms with Gasteiger partial charge in [-0.3, -0.25) is 9.69 Å². The van der Waals surface area contributed by atoms with E-state index in [1.165, 1.54) is 11.1 Å². The molecule has 2 aliphatic rings. The van der Waals surface area contributed by atoms with Crippen LogP contribution in [0.1, 0.15) is 22.8 Å². The molecule has 3 N–H and O–H groups in total. The van der Waals surface area contributed by atoms with E-state index in [1.54, 1.807) is 18.2 Å². The van der Waals surface area contributed by atoms with Crippen LogP contribution in [0.25, 0.3) is 0 Å². The van der Waals surface area contributed by atoms with Gasteiger partial charge < -0.3 is 25.5 Å². The van der Waals surface area contributed by atoms with E-state index in [-0.39, 0.29) is 19.2 Å². The molecule has 1 unspecified atom stereocenters. The number of hydrogen-bond donors (Lipinski definition) is 3. The Morgan fingerprint density at radius 2 is 2.00 bits per heavy atom. The van der Waals surface area contributed by atoms with Crippen LogP contribution < -0.4 is 25.3 Å². The fourth-order valence-electron chi connectivity index (χ4n) is 4.66. The Morgan fingerprint density at radius 1 is 1.22 bits per heavy atom. The highest BCUT2D eigenvalue weighted by atomic mass is 35.5. The summed E-state index contributed by atoms with van der Waals surface area (Å²) in [5, 5.41) is 17.4. The summed E-state index contributed by atoms with van der Waals surface area (Å²) < 4.78 is 0. The van der Waals surface area contributed by atoms with Crippen molar-refractivity contribution in [1.29, 1.82) is 0 Å². The number of aromatic nitrogens is 2. The minimum absolute atomic E-state index is 0.0775. The standard InChI is InChI=1S/C25H27Cl2N7O2/c1-15-12-33(9-8-28-15)21-7-6-17(10-16(21)13-35)30-25-29-11-18-23(31-25)32(2)14-34(24(18)36)22-19(26)4-3-5-20(22)27/h3-7,10-11,15,28,35H,8-9,12-14H2,1-2H3,(H,29,30,31). The van der Waals surface area contributed by atoms with E-state index in [0.29, 0.717) is 39.1 Å². The van der Waals surface area contributed by atoms with Gasteiger partial charge in [-0.25, -0.2) is 4.98 Å². The summed E-state index contributed by atoms with van der Waals surface area (Å²) in [4.78, 5) is 27.9. The maximum Gasteiger partial charge on any atom is 0.265 e. The van der Waals surface area contributed by atoms with Crippen LogP contribution in [0.3, 0.4) is 0 Å². The summed E-state index contributed by atoms with van der Waals surface area (Å²) >= 11 is 12.7. The van der Waals surface area contributed by atoms with Crippen molar-refractivity contribution in [1.82, 2.24) is 15.3 Å². The Bertz CT molecular complexity index is 1290. The third-order valence-electron chi connectivity index (χ3n) is 6.38. The highest BCUT2D eigenvalue weighted by Crippen LogP contribution is 2.37. The van der Waals surface area contributed by atoms with Gasteiger partial charge in [0.25, 0.3) is 5.91 Å². The number of aliphatic hydroxyl groups excluding tert-OH is 1. The van der Waals surface area contributed by atoms with Gasteiger partial charge in [-0.2, -0.15) is 4.98 Å². The fourth-order valence-corrected chi connectivity index (χ4v) is 5.26. The molecule has 36 heavy (non-hydrogen) atoms. The normalized spacial score (nSPS) is 17.9. The van der Waals surface area contributed by atoms with Gasteiger partial charge in [-0.1, -0.05) is 29.3 Å². The lowest BCUT2D eigenvalue weighted by Gasteiger charge is -2.35. The van der Waals surface area contributed by atoms with Gasteiger partial charge in [0.2, 0.25) is 5.95 Å². The number of anilines is 5. The van der Waals surface area contributed by atoms with E-state index >= 15 is 0 Å². The van der Waals surface area contributed by atoms with Gasteiger partial charge in [0, 0.05) is 55.9 Å². The number of hydrogen-bond acceptors (Lipinski definition) is 8. The molecule has 11 heteroatoms. The third-order valence-corrected chi connectivity index (χ3v) is 6.99. The largest absolute Gasteiger partial charge is 0.392 e. The quantitative estimate of drug-likeness (QED) is 0.460. The Balaban J connectivity index is 1.39. The maximum absolute atomic E-state index is 13.3. The van der Waals surface area contributed by atoms with Gasteiger partial charge in [0.1, 0.15) is 11.4 Å². The number of fused-ring (bicyclic) bond motifs is 1. The topological polar surface area (TPSA) is 96.9 Å². The van der Waals surface area contributed by atoms with E-state index in [4.69, 9.17) is 23.2 Å². The molecule has 0 aliphatic carbocycles. The molecule has 1 saturated heterocycles. The summed E-state index contributed by atoms with van der Waals surface area (Å²) in [6.45, 7) is 4.98. The van der Waals surface area contributed by atoms with Gasteiger partial charge in [0.05, 0.1) is 29.0 Å². The average Bonchev–Trinajstić information content (AvgIpc) is 2.86. The Hall–Kier alpha value is -3.11. The maximum atomic E-state index is 13.3. The first kappa shape index (κ1) is 24.6. The summed E-state index contributed by atoms with van der Waals surface area (Å²) in [7, 11) is 1.84. The molecule has 0 radical (unpaired) electrons. The second-order valence-corrected chi connectivity index (χ2v) is 9.82. The molecule has 0 spiro atoms. The van der Waals surface area contributed by atoms with E-state index in [2.05, 4.69) is 32.4 Å². The molecule has 1 atom stereocenters. The molecule has 2 aliphatic heterocycles. The highest BCUT2D eigenvalue weighted by molar-refractivity contribution is 6.40. The Labute approximate surface area is 219 Å². The van der Waals surface area contributed by atoms with Crippen molar-refractivity contribution in [2.75, 3.05) is 53.4 Å². The van der Waals surface area contributed by atoms with E-state index in [1.807, 2.05) is 30.1 Å². The molecule has 2 aromatic carbocycles. The minimum Gasteiger partial charge on any atom is -0.392 e. The van der Waals surface area contributed by atoms with Crippen LogP contribution in [-0.2, 0) is 6.61 Å². The molecule has 0 bridgehead atoms. The average molecular weight is 528 g/mol. The molecule has 9 nitrogen and oxygen atoms in total. The third kappa shape index (κ3) is 4.67. The zero-order valence-electron chi connectivity index (χ0n) is 20.0. The Morgan fingerprint density at radius 3 is 2.72 bits per heavy atom. The predicted molar refractivity (Wildman–Crippen MR) is 144 cm³/mol. The molecule has 3 heterocycles. The van der Waals surface area contributed by atoms with Crippen LogP contribution in [0.2, 0.25) is 10.0 Å². The van der Waals surface area contributed by atoms with Crippen LogP contribution in [0.4, 0.5) is 28.8 Å². The number of rotatable bonds is 5. The van der Waals surface area contributed by atoms with Crippen molar-refractivity contribution in [3.8, 4) is 0 Å². The Kier molecular flexibility index (Phi) is 6.90. The highest BCUT2D eigenvalue weighted by Gasteiger charge is 2.32. The molecule has 3 aromatic rings. The molecule has 188 valence electrons. The minimum atomic E-state index is -0.276. The van der Waals surface area contributed by atoms with Crippen molar-refractivity contribution in [3.63, 3.8) is 0 Å². The second-order valence-electron chi connectivity index (χ2n) is 9.00. The molecular formula is C25H27Cl2N7O2. The lowest BCUT2D eigenvalue weighted by Crippen LogP contribution is -2.49. The van der Waals surface area contributed by atoms with Gasteiger partial charge >= 0.3 is 0 Å². The number of amides is 1. The number of carbonyl (C=O) groups is 1. The monoisotopic (exact) mass is 527 g/mol. The number of para-hydroxylation sites is 1. The lowest BCUT2D eigenvalue weighted by atomic mass is 10.1. The van der Waals surface area contributed by atoms with Gasteiger partial charge in [-0.15, -0.1) is 0 Å². The first-order valence-corrected chi connectivity index (χ1v) is 12.4. The number of halogens is 2. The van der Waals surface area contributed by atoms with Crippen molar-refractivity contribution in [2.24, 2.45) is 0 Å². The second kappa shape index (κ2) is 10.1. The molecule has 5 rings (SSSR count). The summed E-state index contributed by atoms with van der Waals surface area (Å²) in [5.74, 6) is 0.581. The molecule has 1 fully saturated rings. The zero-order chi connectivity index (χ0) is 25.4. The van der Waals surface area contributed by atoms with Gasteiger partial charge in [0.15, 0.2) is 0 Å². The molecule has 0 saturated carbocycles. The number of nitrogens with one attached hydrogen (secondary N) is 2. The number of piperazine rings is 1. The molecular weight excluding hydrogens is 501 g/mol. The van der Waals surface area contributed by atoms with E-state index in [9.17, 15) is 9.90 Å². The van der Waals surface area contributed by atoms with Crippen LogP contribution in [0.15, 0.2) is 42.6 Å². The number of aliphatic hydroxyl groups is 1. The summed E-state index contributed by atoms with van der Waals surface area (Å²) in [6, 6.07) is 11.4. The fraction of sp³-hybridized carbons (Fsp3) is 0.320. The molecule has 1 amide bonds. The van der Waals surface area contributed by atoms with Crippen LogP contribution in [-0.4, -0.2) is 60.4 Å². The first-order chi connectivity index (χ1) is 17.4. The molecule has 1 aromatic heterocycles. The number of carbonyl (C=O) groups excluding carboxylic acids is 1. The van der Waals surface area contributed by atoms with Crippen LogP contribution in [0.5, 0.6) is 0 Å². The first-order valence-electron chi connectivity index (χ1n) is 11.7. The number of benzene rings is 2. The summed E-state index contributed by atoms with van der Waals surface area (Å²) in [6.07, 6.45) is 1.50. The smallest absolute Gasteiger partial charge is 0.265 e. The van der Waals surface area contributed by atoms with E-state index < -0.39 is 0 Å². The predicted octanol–water partition coefficient (Wildman–Crippen LogP) is 3.87. The van der Waals surface area contributed by atoms with Crippen molar-refractivity contribution in [2.45, 2.75) is 19.6 Å². The lowest BCUT2D eigenvalue weighted by molar-refractivity contribution is 0.0982. The summed E-state index contributed by atoms with van der Waals surface area (Å²) in [5.41, 5.74) is 3.41. The van der Waals surface area contributed by atoms with Crippen LogP contribution >= 0.6 is 23.2 Å². The SMILES string of the molecule is CC1CN(c2ccc(Nc3ncc4c(n3)N(C)CN(c3c(Cl)cccc3Cl)C4=O)cc2CO)CCN1. The van der Waals surface area contributed by atoms with Crippen molar-refractivity contribution >= 4 is 57.9 Å². The van der Waals surface area contributed by atoms with Crippen molar-refractivity contribution < 1.29 is 9.90 Å². The zero-order valence-corrected chi connectivity index (χ0v) is 21.5. The van der Waals surface area contributed by atoms with Crippen molar-refractivity contribution in [3.05, 3.63) is 63.8 Å². The van der Waals surface area contributed by atoms with E-state index in [0.717, 1.165) is 36.6 Å². The number of nitrogens with zero attached hydrogens (tertiary/aromatic N) is 5. The van der Waals surface area contributed by atoms with Crippen LogP contribution in [0, 0.1) is 0 Å².